The Morgan fingerprint density at radius 2 is 1.04 bits per heavy atom. The summed E-state index contributed by atoms with van der Waals surface area (Å²) < 4.78 is 5.78. The summed E-state index contributed by atoms with van der Waals surface area (Å²) in [4.78, 5) is 0. The lowest BCUT2D eigenvalue weighted by Crippen LogP contribution is -2.31. The summed E-state index contributed by atoms with van der Waals surface area (Å²) in [6.45, 7) is 1.89. The molecule has 53 heavy (non-hydrogen) atoms. The largest absolute Gasteiger partial charge is 0.372 e. The van der Waals surface area contributed by atoms with E-state index in [1.165, 1.54) is 59.1 Å². The van der Waals surface area contributed by atoms with Crippen molar-refractivity contribution in [3.05, 3.63) is 179 Å². The Hall–Kier alpha value is -4.14. The highest BCUT2D eigenvalue weighted by molar-refractivity contribution is 5.35. The molecule has 0 spiro atoms. The minimum Gasteiger partial charge on any atom is -0.372 e. The van der Waals surface area contributed by atoms with E-state index < -0.39 is 0 Å². The fourth-order valence-electron chi connectivity index (χ4n) is 6.54. The van der Waals surface area contributed by atoms with Crippen LogP contribution < -0.4 is 28.7 Å². The zero-order chi connectivity index (χ0) is 37.5. The number of fused-ring (bicyclic) bond motifs is 1. The van der Waals surface area contributed by atoms with Gasteiger partial charge < -0.3 is 33.4 Å². The Labute approximate surface area is 319 Å². The number of hydrogen-bond acceptors (Lipinski definition) is 6. The molecule has 2 fully saturated rings. The number of rotatable bonds is 9. The molecule has 0 saturated heterocycles. The van der Waals surface area contributed by atoms with Crippen LogP contribution in [-0.2, 0) is 24.2 Å². The van der Waals surface area contributed by atoms with E-state index in [1.807, 2.05) is 36.4 Å². The average Bonchev–Trinajstić information content (AvgIpc) is 3.98. The molecule has 4 unspecified atom stereocenters. The number of ether oxygens (including phenoxy) is 1. The molecular weight excluding hydrogens is 651 g/mol. The maximum Gasteiger partial charge on any atom is 0.0730 e. The quantitative estimate of drug-likeness (QED) is 0.104. The predicted molar refractivity (Wildman–Crippen MR) is 223 cm³/mol. The highest BCUT2D eigenvalue weighted by Gasteiger charge is 2.24. The molecule has 8 rings (SSSR count). The van der Waals surface area contributed by atoms with Crippen molar-refractivity contribution >= 4 is 0 Å². The van der Waals surface area contributed by atoms with E-state index in [2.05, 4.69) is 109 Å². The monoisotopic (exact) mass is 714 g/mol. The molecule has 0 amide bonds. The lowest BCUT2D eigenvalue weighted by Gasteiger charge is -2.25. The molecule has 0 aromatic heterocycles. The number of benzene rings is 5. The second-order valence-corrected chi connectivity index (χ2v) is 14.1. The van der Waals surface area contributed by atoms with Gasteiger partial charge in [-0.05, 0) is 71.9 Å². The third kappa shape index (κ3) is 15.4. The Morgan fingerprint density at radius 1 is 0.547 bits per heavy atom. The van der Waals surface area contributed by atoms with Gasteiger partial charge in [0.05, 0.1) is 12.7 Å². The molecular formula is C47H63N5O. The Morgan fingerprint density at radius 3 is 1.51 bits per heavy atom. The first-order valence-electron chi connectivity index (χ1n) is 19.5. The number of nitrogens with two attached hydrogens (primary N) is 5. The SMILES string of the molecule is C1CC1.NC(Cc1ccccc1)C(c1ccccc1)c1ccccc1.NC1CCCC1OCc1ccccc1.NC1CCc2ccccc21.NCCN. The standard InChI is InChI=1S/C21H21N.C12H17NO.C9H11N.C3H6.C2H8N2/c22-20(16-17-10-4-1-5-11-17)21(18-12-6-2-7-13-18)19-14-8-3-9-15-19;13-11-7-4-8-12(11)14-9-10-5-2-1-3-6-10;10-9-6-5-7-3-1-2-4-8(7)9;1-2-3-1;3-1-2-4/h1-15,20-21H,16,22H2;1-3,5-6,11-12H,4,7-9,13H2;1-4,9H,5-6,10H2;1-3H2;1-4H2. The van der Waals surface area contributed by atoms with Crippen molar-refractivity contribution < 1.29 is 4.74 Å². The molecule has 0 aliphatic heterocycles. The van der Waals surface area contributed by atoms with Crippen LogP contribution in [0.3, 0.4) is 0 Å². The van der Waals surface area contributed by atoms with E-state index in [9.17, 15) is 0 Å². The molecule has 3 aliphatic rings. The van der Waals surface area contributed by atoms with Crippen molar-refractivity contribution in [2.75, 3.05) is 13.1 Å². The van der Waals surface area contributed by atoms with Crippen LogP contribution in [-0.4, -0.2) is 31.3 Å². The second kappa shape index (κ2) is 24.2. The van der Waals surface area contributed by atoms with Crippen LogP contribution in [0, 0.1) is 0 Å². The first-order valence-corrected chi connectivity index (χ1v) is 19.5. The Balaban J connectivity index is 0.000000172. The van der Waals surface area contributed by atoms with E-state index in [0.717, 1.165) is 32.1 Å². The van der Waals surface area contributed by atoms with Gasteiger partial charge in [0.25, 0.3) is 0 Å². The van der Waals surface area contributed by atoms with Gasteiger partial charge in [-0.15, -0.1) is 0 Å². The van der Waals surface area contributed by atoms with E-state index in [1.54, 1.807) is 0 Å². The highest BCUT2D eigenvalue weighted by atomic mass is 16.5. The lowest BCUT2D eigenvalue weighted by atomic mass is 9.83. The van der Waals surface area contributed by atoms with Gasteiger partial charge in [-0.2, -0.15) is 0 Å². The van der Waals surface area contributed by atoms with Gasteiger partial charge in [0.1, 0.15) is 0 Å². The highest BCUT2D eigenvalue weighted by Crippen LogP contribution is 2.29. The van der Waals surface area contributed by atoms with Gasteiger partial charge in [-0.1, -0.05) is 165 Å². The number of aryl methyl sites for hydroxylation is 1. The van der Waals surface area contributed by atoms with Gasteiger partial charge in [-0.3, -0.25) is 0 Å². The van der Waals surface area contributed by atoms with Crippen LogP contribution in [0.15, 0.2) is 146 Å². The molecule has 282 valence electrons. The van der Waals surface area contributed by atoms with Crippen molar-refractivity contribution in [2.24, 2.45) is 28.7 Å². The van der Waals surface area contributed by atoms with Crippen LogP contribution in [0.25, 0.3) is 0 Å². The topological polar surface area (TPSA) is 139 Å². The van der Waals surface area contributed by atoms with Crippen molar-refractivity contribution in [3.8, 4) is 0 Å². The smallest absolute Gasteiger partial charge is 0.0730 e. The van der Waals surface area contributed by atoms with Crippen molar-refractivity contribution in [1.29, 1.82) is 0 Å². The van der Waals surface area contributed by atoms with E-state index in [0.29, 0.717) is 25.7 Å². The molecule has 0 bridgehead atoms. The van der Waals surface area contributed by atoms with Crippen LogP contribution in [0.4, 0.5) is 0 Å². The van der Waals surface area contributed by atoms with E-state index in [4.69, 9.17) is 33.4 Å². The average molecular weight is 714 g/mol. The van der Waals surface area contributed by atoms with Gasteiger partial charge >= 0.3 is 0 Å². The number of hydrogen-bond donors (Lipinski definition) is 5. The third-order valence-corrected chi connectivity index (χ3v) is 9.57. The summed E-state index contributed by atoms with van der Waals surface area (Å²) in [6, 6.07) is 50.9. The van der Waals surface area contributed by atoms with Gasteiger partial charge in [0, 0.05) is 37.1 Å². The van der Waals surface area contributed by atoms with Crippen molar-refractivity contribution in [3.63, 3.8) is 0 Å². The molecule has 2 saturated carbocycles. The minimum atomic E-state index is 0.0483. The summed E-state index contributed by atoms with van der Waals surface area (Å²) >= 11 is 0. The summed E-state index contributed by atoms with van der Waals surface area (Å²) in [7, 11) is 0. The van der Waals surface area contributed by atoms with Crippen molar-refractivity contribution in [2.45, 2.75) is 94.5 Å². The first kappa shape index (κ1) is 41.6. The maximum absolute atomic E-state index is 6.61. The Bertz CT molecular complexity index is 1590. The zero-order valence-corrected chi connectivity index (χ0v) is 31.5. The minimum absolute atomic E-state index is 0.0483. The van der Waals surface area contributed by atoms with Gasteiger partial charge in [0.2, 0.25) is 0 Å². The molecule has 4 atom stereocenters. The lowest BCUT2D eigenvalue weighted by molar-refractivity contribution is 0.0357. The molecule has 5 aromatic rings. The maximum atomic E-state index is 6.61. The third-order valence-electron chi connectivity index (χ3n) is 9.57. The Kier molecular flexibility index (Phi) is 19.0. The van der Waals surface area contributed by atoms with E-state index >= 15 is 0 Å². The molecule has 0 radical (unpaired) electrons. The van der Waals surface area contributed by atoms with E-state index in [-0.39, 0.29) is 24.1 Å². The fraction of sp³-hybridized carbons (Fsp3) is 0.362. The van der Waals surface area contributed by atoms with Crippen LogP contribution in [0.1, 0.15) is 90.3 Å². The summed E-state index contributed by atoms with van der Waals surface area (Å²) in [6.07, 6.45) is 11.4. The summed E-state index contributed by atoms with van der Waals surface area (Å²) in [5.41, 5.74) is 36.0. The molecule has 6 heteroatoms. The van der Waals surface area contributed by atoms with Gasteiger partial charge in [-0.25, -0.2) is 0 Å². The van der Waals surface area contributed by atoms with Crippen LogP contribution >= 0.6 is 0 Å². The van der Waals surface area contributed by atoms with Gasteiger partial charge in [0.15, 0.2) is 0 Å². The summed E-state index contributed by atoms with van der Waals surface area (Å²) in [5, 5.41) is 0. The van der Waals surface area contributed by atoms with Crippen LogP contribution in [0.5, 0.6) is 0 Å². The molecule has 3 aliphatic carbocycles. The predicted octanol–water partition coefficient (Wildman–Crippen LogP) is 8.18. The van der Waals surface area contributed by atoms with Crippen molar-refractivity contribution in [1.82, 2.24) is 0 Å². The first-order chi connectivity index (χ1) is 26.0. The molecule has 6 nitrogen and oxygen atoms in total. The van der Waals surface area contributed by atoms with Crippen LogP contribution in [0.2, 0.25) is 0 Å². The molecule has 5 aromatic carbocycles. The molecule has 10 N–H and O–H groups in total. The second-order valence-electron chi connectivity index (χ2n) is 14.1. The normalized spacial score (nSPS) is 18.3. The zero-order valence-electron chi connectivity index (χ0n) is 31.5. The fourth-order valence-corrected chi connectivity index (χ4v) is 6.54. The molecule has 0 heterocycles. The summed E-state index contributed by atoms with van der Waals surface area (Å²) in [5.74, 6) is 0.211.